The summed E-state index contributed by atoms with van der Waals surface area (Å²) >= 11 is 6.50. The predicted octanol–water partition coefficient (Wildman–Crippen LogP) is 3.90. The first-order chi connectivity index (χ1) is 10.1. The zero-order valence-corrected chi connectivity index (χ0v) is 13.6. The highest BCUT2D eigenvalue weighted by Crippen LogP contribution is 2.29. The molecule has 5 nitrogen and oxygen atoms in total. The summed E-state index contributed by atoms with van der Waals surface area (Å²) in [6.07, 6.45) is 1.48. The number of amides is 3. The van der Waals surface area contributed by atoms with Crippen molar-refractivity contribution in [3.05, 3.63) is 57.0 Å². The molecule has 3 amide bonds. The average molecular weight is 412 g/mol. The molecule has 2 aromatic rings. The first-order valence-corrected chi connectivity index (χ1v) is 7.52. The molecule has 0 aliphatic carbocycles. The van der Waals surface area contributed by atoms with E-state index in [0.29, 0.717) is 16.1 Å². The lowest BCUT2D eigenvalue weighted by atomic mass is 10.3. The van der Waals surface area contributed by atoms with Gasteiger partial charge in [-0.3, -0.25) is 4.79 Å². The molecular weight excluding hydrogens is 404 g/mol. The third-order valence-corrected chi connectivity index (χ3v) is 4.55. The van der Waals surface area contributed by atoms with Crippen LogP contribution in [0.25, 0.3) is 6.08 Å². The zero-order chi connectivity index (χ0) is 15.0. The monoisotopic (exact) mass is 410 g/mol. The number of hydrogen-bond acceptors (Lipinski definition) is 3. The lowest BCUT2D eigenvalue weighted by Gasteiger charge is -2.10. The number of rotatable bonds is 2. The maximum absolute atomic E-state index is 12.3. The minimum Gasteiger partial charge on any atom is -0.449 e. The summed E-state index contributed by atoms with van der Waals surface area (Å²) in [5.74, 6) is 0.0298. The highest BCUT2D eigenvalue weighted by molar-refractivity contribution is 9.13. The van der Waals surface area contributed by atoms with Crippen molar-refractivity contribution in [3.63, 3.8) is 0 Å². The Balaban J connectivity index is 1.93. The number of urea groups is 1. The van der Waals surface area contributed by atoms with Crippen LogP contribution in [0, 0.1) is 0 Å². The molecule has 0 saturated carbocycles. The highest BCUT2D eigenvalue weighted by Gasteiger charge is 2.34. The van der Waals surface area contributed by atoms with Crippen LogP contribution in [0.5, 0.6) is 0 Å². The smallest absolute Gasteiger partial charge is 0.333 e. The molecule has 1 aromatic carbocycles. The van der Waals surface area contributed by atoms with E-state index in [1.165, 1.54) is 6.08 Å². The van der Waals surface area contributed by atoms with Crippen LogP contribution in [0.1, 0.15) is 5.76 Å². The quantitative estimate of drug-likeness (QED) is 0.602. The van der Waals surface area contributed by atoms with Crippen LogP contribution in [0.3, 0.4) is 0 Å². The number of nitrogens with one attached hydrogen (secondary N) is 1. The van der Waals surface area contributed by atoms with Gasteiger partial charge in [-0.05, 0) is 50.1 Å². The van der Waals surface area contributed by atoms with E-state index in [9.17, 15) is 9.59 Å². The number of carbonyl (C=O) groups is 2. The molecule has 1 aliphatic rings. The van der Waals surface area contributed by atoms with Crippen molar-refractivity contribution in [1.82, 2.24) is 5.32 Å². The van der Waals surface area contributed by atoms with Gasteiger partial charge >= 0.3 is 6.03 Å². The number of hydrogen-bond donors (Lipinski definition) is 1. The maximum atomic E-state index is 12.3. The lowest BCUT2D eigenvalue weighted by Crippen LogP contribution is -2.30. The molecule has 1 N–H and O–H groups in total. The van der Waals surface area contributed by atoms with Crippen LogP contribution in [-0.2, 0) is 4.79 Å². The molecule has 1 aliphatic heterocycles. The summed E-state index contributed by atoms with van der Waals surface area (Å²) in [6, 6.07) is 9.94. The molecule has 0 spiro atoms. The van der Waals surface area contributed by atoms with E-state index in [4.69, 9.17) is 4.42 Å². The van der Waals surface area contributed by atoms with Gasteiger partial charge in [0.1, 0.15) is 11.5 Å². The number of halogens is 2. The summed E-state index contributed by atoms with van der Waals surface area (Å²) in [7, 11) is 0. The van der Waals surface area contributed by atoms with Gasteiger partial charge in [0.25, 0.3) is 5.91 Å². The highest BCUT2D eigenvalue weighted by atomic mass is 79.9. The molecule has 0 atom stereocenters. The van der Waals surface area contributed by atoms with Gasteiger partial charge in [0.05, 0.1) is 10.2 Å². The first-order valence-electron chi connectivity index (χ1n) is 5.93. The van der Waals surface area contributed by atoms with Crippen molar-refractivity contribution >= 4 is 55.6 Å². The Bertz CT molecular complexity index is 733. The Hall–Kier alpha value is -1.86. The predicted molar refractivity (Wildman–Crippen MR) is 84.5 cm³/mol. The lowest BCUT2D eigenvalue weighted by molar-refractivity contribution is -0.113. The molecule has 3 rings (SSSR count). The Kier molecular flexibility index (Phi) is 3.69. The van der Waals surface area contributed by atoms with E-state index in [1.54, 1.807) is 30.3 Å². The van der Waals surface area contributed by atoms with Crippen LogP contribution in [0.15, 0.2) is 55.7 Å². The van der Waals surface area contributed by atoms with E-state index in [0.717, 1.165) is 9.37 Å². The Morgan fingerprint density at radius 2 is 1.86 bits per heavy atom. The summed E-state index contributed by atoms with van der Waals surface area (Å²) in [5.41, 5.74) is 0.683. The van der Waals surface area contributed by atoms with Crippen molar-refractivity contribution in [1.29, 1.82) is 0 Å². The summed E-state index contributed by atoms with van der Waals surface area (Å²) in [4.78, 5) is 25.4. The molecule has 1 fully saturated rings. The maximum Gasteiger partial charge on any atom is 0.333 e. The molecule has 0 unspecified atom stereocenters. The molecule has 2 heterocycles. The van der Waals surface area contributed by atoms with Gasteiger partial charge < -0.3 is 9.73 Å². The van der Waals surface area contributed by atoms with Gasteiger partial charge in [-0.1, -0.05) is 18.2 Å². The normalized spacial score (nSPS) is 16.7. The fourth-order valence-corrected chi connectivity index (χ4v) is 2.53. The first kappa shape index (κ1) is 14.1. The fraction of sp³-hybridized carbons (Fsp3) is 0. The Morgan fingerprint density at radius 1 is 1.14 bits per heavy atom. The van der Waals surface area contributed by atoms with Crippen LogP contribution >= 0.6 is 31.9 Å². The third-order valence-electron chi connectivity index (χ3n) is 2.84. The van der Waals surface area contributed by atoms with E-state index in [-0.39, 0.29) is 5.70 Å². The Morgan fingerprint density at radius 3 is 2.48 bits per heavy atom. The van der Waals surface area contributed by atoms with Crippen molar-refractivity contribution in [3.8, 4) is 0 Å². The fourth-order valence-electron chi connectivity index (χ4n) is 1.92. The van der Waals surface area contributed by atoms with Crippen molar-refractivity contribution < 1.29 is 14.0 Å². The number of anilines is 1. The van der Waals surface area contributed by atoms with Crippen molar-refractivity contribution in [2.45, 2.75) is 0 Å². The van der Waals surface area contributed by atoms with E-state index in [2.05, 4.69) is 37.2 Å². The molecule has 0 bridgehead atoms. The molecule has 1 aromatic heterocycles. The largest absolute Gasteiger partial charge is 0.449 e. The molecule has 21 heavy (non-hydrogen) atoms. The SMILES string of the molecule is O=C1N/C(=C/c2cc(Br)c(Br)o2)C(=O)N1c1ccccc1. The summed E-state index contributed by atoms with van der Waals surface area (Å²) in [6.45, 7) is 0. The number of benzene rings is 1. The minimum atomic E-state index is -0.484. The zero-order valence-electron chi connectivity index (χ0n) is 10.5. The van der Waals surface area contributed by atoms with Crippen LogP contribution < -0.4 is 10.2 Å². The number of para-hydroxylation sites is 1. The van der Waals surface area contributed by atoms with Gasteiger partial charge in [-0.25, -0.2) is 9.69 Å². The number of nitrogens with zero attached hydrogens (tertiary/aromatic N) is 1. The van der Waals surface area contributed by atoms with Gasteiger partial charge in [0.2, 0.25) is 0 Å². The van der Waals surface area contributed by atoms with E-state index >= 15 is 0 Å². The molecule has 7 heteroatoms. The van der Waals surface area contributed by atoms with E-state index in [1.807, 2.05) is 6.07 Å². The summed E-state index contributed by atoms with van der Waals surface area (Å²) < 4.78 is 6.62. The topological polar surface area (TPSA) is 62.6 Å². The number of carbonyl (C=O) groups excluding carboxylic acids is 2. The van der Waals surface area contributed by atoms with Crippen molar-refractivity contribution in [2.24, 2.45) is 0 Å². The van der Waals surface area contributed by atoms with Crippen LogP contribution in [0.2, 0.25) is 0 Å². The van der Waals surface area contributed by atoms with Crippen LogP contribution in [0.4, 0.5) is 10.5 Å². The molecule has 1 saturated heterocycles. The third kappa shape index (κ3) is 2.66. The number of furan rings is 1. The molecule has 106 valence electrons. The number of imide groups is 1. The second-order valence-corrected chi connectivity index (χ2v) is 5.81. The van der Waals surface area contributed by atoms with Gasteiger partial charge in [0.15, 0.2) is 4.67 Å². The Labute approximate surface area is 136 Å². The van der Waals surface area contributed by atoms with Gasteiger partial charge in [0, 0.05) is 6.08 Å². The van der Waals surface area contributed by atoms with Gasteiger partial charge in [-0.2, -0.15) is 0 Å². The van der Waals surface area contributed by atoms with Crippen molar-refractivity contribution in [2.75, 3.05) is 4.90 Å². The van der Waals surface area contributed by atoms with E-state index < -0.39 is 11.9 Å². The summed E-state index contributed by atoms with van der Waals surface area (Å²) in [5, 5.41) is 2.54. The molecule has 0 radical (unpaired) electrons. The second kappa shape index (κ2) is 5.50. The van der Waals surface area contributed by atoms with Crippen LogP contribution in [-0.4, -0.2) is 11.9 Å². The van der Waals surface area contributed by atoms with Gasteiger partial charge in [-0.15, -0.1) is 0 Å². The average Bonchev–Trinajstić information content (AvgIpc) is 2.91. The minimum absolute atomic E-state index is 0.164. The standard InChI is InChI=1S/C14H8Br2N2O3/c15-10-6-9(21-12(10)16)7-11-13(19)18(14(20)17-11)8-4-2-1-3-5-8/h1-7H,(H,17,20)/b11-7+. The molecular formula is C14H8Br2N2O3. The second-order valence-electron chi connectivity index (χ2n) is 4.23.